The summed E-state index contributed by atoms with van der Waals surface area (Å²) >= 11 is 0. The first-order valence-corrected chi connectivity index (χ1v) is 14.6. The molecule has 0 aromatic rings. The first kappa shape index (κ1) is 27.9. The van der Waals surface area contributed by atoms with Crippen molar-refractivity contribution in [2.24, 2.45) is 62.6 Å². The predicted molar refractivity (Wildman–Crippen MR) is 141 cm³/mol. The Balaban J connectivity index is 1.79. The Labute approximate surface area is 219 Å². The van der Waals surface area contributed by atoms with E-state index in [1.54, 1.807) is 0 Å². The summed E-state index contributed by atoms with van der Waals surface area (Å²) in [5.41, 5.74) is -1.03. The SMILES string of the molecule is COC(=O)C(C)(C)C1CC[C@]2(C)[C@H](CCC3C4[C@H](C(C)C)CC[C@]4(CO)CC[C@]32C)[C@@]1(C)CC(=O)O. The number of hydrogen-bond donors (Lipinski definition) is 2. The molecule has 4 rings (SSSR count). The van der Waals surface area contributed by atoms with Crippen LogP contribution in [-0.4, -0.2) is 35.9 Å². The Morgan fingerprint density at radius 3 is 2.19 bits per heavy atom. The summed E-state index contributed by atoms with van der Waals surface area (Å²) in [5, 5.41) is 20.8. The highest BCUT2D eigenvalue weighted by atomic mass is 16.5. The summed E-state index contributed by atoms with van der Waals surface area (Å²) in [5.74, 6) is 1.59. The molecule has 0 aliphatic heterocycles. The van der Waals surface area contributed by atoms with Crippen LogP contribution in [0, 0.1) is 62.6 Å². The van der Waals surface area contributed by atoms with Crippen molar-refractivity contribution in [1.82, 2.24) is 0 Å². The number of methoxy groups -OCH3 is 1. The Morgan fingerprint density at radius 1 is 0.972 bits per heavy atom. The fourth-order valence-electron chi connectivity index (χ4n) is 11.3. The molecule has 4 aliphatic carbocycles. The van der Waals surface area contributed by atoms with E-state index in [0.717, 1.165) is 44.9 Å². The molecule has 0 saturated heterocycles. The molecule has 2 N–H and O–H groups in total. The fourth-order valence-corrected chi connectivity index (χ4v) is 11.3. The van der Waals surface area contributed by atoms with Gasteiger partial charge < -0.3 is 14.9 Å². The minimum Gasteiger partial charge on any atom is -0.481 e. The number of aliphatic hydroxyl groups excluding tert-OH is 1. The average molecular weight is 505 g/mol. The van der Waals surface area contributed by atoms with E-state index >= 15 is 0 Å². The van der Waals surface area contributed by atoms with Gasteiger partial charge in [0.05, 0.1) is 18.9 Å². The van der Waals surface area contributed by atoms with Crippen LogP contribution in [0.2, 0.25) is 0 Å². The third-order valence-electron chi connectivity index (χ3n) is 13.2. The van der Waals surface area contributed by atoms with Crippen molar-refractivity contribution in [2.75, 3.05) is 13.7 Å². The number of carboxylic acids is 1. The minimum atomic E-state index is -0.765. The number of carboxylic acid groups (broad SMARTS) is 1. The van der Waals surface area contributed by atoms with Crippen LogP contribution < -0.4 is 0 Å². The average Bonchev–Trinajstić information content (AvgIpc) is 3.19. The number of carbonyl (C=O) groups is 2. The Hall–Kier alpha value is -1.10. The summed E-state index contributed by atoms with van der Waals surface area (Å²) in [7, 11) is 1.44. The highest BCUT2D eigenvalue weighted by molar-refractivity contribution is 5.76. The molecule has 0 radical (unpaired) electrons. The number of fused-ring (bicyclic) bond motifs is 5. The number of aliphatic hydroxyl groups is 1. The second kappa shape index (κ2) is 8.99. The van der Waals surface area contributed by atoms with E-state index in [1.807, 2.05) is 13.8 Å². The number of rotatable bonds is 6. The first-order chi connectivity index (χ1) is 16.6. The van der Waals surface area contributed by atoms with Gasteiger partial charge in [0.2, 0.25) is 0 Å². The Morgan fingerprint density at radius 2 is 1.64 bits per heavy atom. The molecular weight excluding hydrogens is 452 g/mol. The molecular formula is C31H52O5. The predicted octanol–water partition coefficient (Wildman–Crippen LogP) is 6.57. The molecule has 206 valence electrons. The molecule has 0 spiro atoms. The molecule has 0 bridgehead atoms. The van der Waals surface area contributed by atoms with Crippen molar-refractivity contribution in [2.45, 2.75) is 106 Å². The van der Waals surface area contributed by atoms with Gasteiger partial charge in [0.25, 0.3) is 0 Å². The van der Waals surface area contributed by atoms with Crippen LogP contribution in [0.25, 0.3) is 0 Å². The molecule has 36 heavy (non-hydrogen) atoms. The standard InChI is InChI=1S/C31H52O5/c1-19(2)20-11-14-31(18-32)16-15-29(6)21(25(20)31)9-10-23-28(5,17-24(33)34)22(12-13-30(23,29)7)27(3,4)26(35)36-8/h19-23,25,32H,9-18H2,1-8H3,(H,33,34)/t20-,21?,22?,23+,25?,28-,29+,30+,31+/m0/s1. The maximum atomic E-state index is 12.9. The molecule has 4 aliphatic rings. The normalized spacial score (nSPS) is 46.6. The van der Waals surface area contributed by atoms with Gasteiger partial charge in [0.1, 0.15) is 0 Å². The minimum absolute atomic E-state index is 0.00848. The zero-order chi connectivity index (χ0) is 26.9. The lowest BCUT2D eigenvalue weighted by atomic mass is 9.33. The Bertz CT molecular complexity index is 880. The van der Waals surface area contributed by atoms with Gasteiger partial charge in [-0.05, 0) is 122 Å². The lowest BCUT2D eigenvalue weighted by molar-refractivity contribution is -0.236. The molecule has 5 heteroatoms. The molecule has 0 aromatic heterocycles. The maximum Gasteiger partial charge on any atom is 0.311 e. The lowest BCUT2D eigenvalue weighted by Gasteiger charge is -2.71. The molecule has 0 amide bonds. The van der Waals surface area contributed by atoms with Crippen LogP contribution in [0.3, 0.4) is 0 Å². The van der Waals surface area contributed by atoms with Crippen LogP contribution in [0.5, 0.6) is 0 Å². The van der Waals surface area contributed by atoms with Gasteiger partial charge in [0.15, 0.2) is 0 Å². The molecule has 0 aromatic carbocycles. The van der Waals surface area contributed by atoms with E-state index in [1.165, 1.54) is 13.5 Å². The van der Waals surface area contributed by atoms with Crippen LogP contribution in [-0.2, 0) is 14.3 Å². The summed E-state index contributed by atoms with van der Waals surface area (Å²) in [6.45, 7) is 16.1. The summed E-state index contributed by atoms with van der Waals surface area (Å²) in [6.07, 6.45) is 8.65. The highest BCUT2D eigenvalue weighted by Crippen LogP contribution is 2.76. The number of esters is 1. The van der Waals surface area contributed by atoms with Crippen molar-refractivity contribution in [1.29, 1.82) is 0 Å². The monoisotopic (exact) mass is 504 g/mol. The third-order valence-corrected chi connectivity index (χ3v) is 13.2. The van der Waals surface area contributed by atoms with E-state index in [4.69, 9.17) is 4.74 Å². The van der Waals surface area contributed by atoms with Crippen LogP contribution >= 0.6 is 0 Å². The zero-order valence-electron chi connectivity index (χ0n) is 24.2. The second-order valence-corrected chi connectivity index (χ2v) is 14.9. The molecule has 5 nitrogen and oxygen atoms in total. The van der Waals surface area contributed by atoms with Crippen molar-refractivity contribution >= 4 is 11.9 Å². The van der Waals surface area contributed by atoms with Gasteiger partial charge in [-0.1, -0.05) is 34.6 Å². The van der Waals surface area contributed by atoms with Crippen molar-refractivity contribution in [3.05, 3.63) is 0 Å². The molecule has 3 unspecified atom stereocenters. The summed E-state index contributed by atoms with van der Waals surface area (Å²) in [4.78, 5) is 25.3. The molecule has 9 atom stereocenters. The van der Waals surface area contributed by atoms with Gasteiger partial charge in [-0.15, -0.1) is 0 Å². The van der Waals surface area contributed by atoms with E-state index in [-0.39, 0.29) is 40.5 Å². The van der Waals surface area contributed by atoms with Gasteiger partial charge in [-0.3, -0.25) is 9.59 Å². The van der Waals surface area contributed by atoms with Gasteiger partial charge in [0, 0.05) is 6.61 Å². The quantitative estimate of drug-likeness (QED) is 0.400. The largest absolute Gasteiger partial charge is 0.481 e. The zero-order valence-corrected chi connectivity index (χ0v) is 24.2. The maximum absolute atomic E-state index is 12.9. The molecule has 4 saturated carbocycles. The van der Waals surface area contributed by atoms with Crippen LogP contribution in [0.4, 0.5) is 0 Å². The van der Waals surface area contributed by atoms with E-state index in [0.29, 0.717) is 30.3 Å². The smallest absolute Gasteiger partial charge is 0.311 e. The van der Waals surface area contributed by atoms with Crippen molar-refractivity contribution < 1.29 is 24.5 Å². The van der Waals surface area contributed by atoms with Gasteiger partial charge in [-0.2, -0.15) is 0 Å². The molecule has 4 fully saturated rings. The fraction of sp³-hybridized carbons (Fsp3) is 0.935. The summed E-state index contributed by atoms with van der Waals surface area (Å²) < 4.78 is 5.23. The van der Waals surface area contributed by atoms with E-state index in [9.17, 15) is 19.8 Å². The number of hydrogen-bond acceptors (Lipinski definition) is 4. The van der Waals surface area contributed by atoms with Crippen LogP contribution in [0.15, 0.2) is 0 Å². The number of carbonyl (C=O) groups excluding carboxylic acids is 1. The summed E-state index contributed by atoms with van der Waals surface area (Å²) in [6, 6.07) is 0. The third kappa shape index (κ3) is 3.64. The lowest BCUT2D eigenvalue weighted by Crippen LogP contribution is -2.66. The highest BCUT2D eigenvalue weighted by Gasteiger charge is 2.70. The molecule has 0 heterocycles. The van der Waals surface area contributed by atoms with Crippen molar-refractivity contribution in [3.8, 4) is 0 Å². The van der Waals surface area contributed by atoms with Crippen LogP contribution in [0.1, 0.15) is 106 Å². The van der Waals surface area contributed by atoms with Crippen molar-refractivity contribution in [3.63, 3.8) is 0 Å². The number of ether oxygens (including phenoxy) is 1. The number of aliphatic carboxylic acids is 1. The van der Waals surface area contributed by atoms with Gasteiger partial charge in [-0.25, -0.2) is 0 Å². The topological polar surface area (TPSA) is 83.8 Å². The van der Waals surface area contributed by atoms with Gasteiger partial charge >= 0.3 is 11.9 Å². The second-order valence-electron chi connectivity index (χ2n) is 14.9. The van der Waals surface area contributed by atoms with E-state index in [2.05, 4.69) is 34.6 Å². The Kier molecular flexibility index (Phi) is 6.97. The van der Waals surface area contributed by atoms with E-state index < -0.39 is 16.8 Å². The first-order valence-electron chi connectivity index (χ1n) is 14.6.